The van der Waals surface area contributed by atoms with Gasteiger partial charge in [0.15, 0.2) is 0 Å². The molecule has 1 aromatic rings. The minimum atomic E-state index is 0.302. The van der Waals surface area contributed by atoms with E-state index in [1.165, 1.54) is 5.69 Å². The van der Waals surface area contributed by atoms with E-state index >= 15 is 0 Å². The quantitative estimate of drug-likeness (QED) is 0.855. The second-order valence-electron chi connectivity index (χ2n) is 7.22. The van der Waals surface area contributed by atoms with Crippen LogP contribution in [0.3, 0.4) is 0 Å². The first-order chi connectivity index (χ1) is 9.86. The molecule has 0 amide bonds. The molecule has 1 aliphatic rings. The molecule has 0 aliphatic carbocycles. The number of nitrogens with zero attached hydrogens (tertiary/aromatic N) is 2. The Morgan fingerprint density at radius 1 is 1.33 bits per heavy atom. The zero-order valence-corrected chi connectivity index (χ0v) is 14.1. The molecule has 1 aromatic heterocycles. The van der Waals surface area contributed by atoms with Gasteiger partial charge in [0.1, 0.15) is 0 Å². The maximum Gasteiger partial charge on any atom is 0.0562 e. The number of hydrogen-bond donors (Lipinski definition) is 1. The molecule has 1 aliphatic heterocycles. The highest BCUT2D eigenvalue weighted by Crippen LogP contribution is 2.31. The largest absolute Gasteiger partial charge is 0.367 e. The van der Waals surface area contributed by atoms with Crippen molar-refractivity contribution in [2.45, 2.75) is 53.6 Å². The molecule has 0 fully saturated rings. The van der Waals surface area contributed by atoms with Crippen LogP contribution in [0.15, 0.2) is 30.0 Å². The van der Waals surface area contributed by atoms with Crippen LogP contribution in [0.1, 0.15) is 46.7 Å². The smallest absolute Gasteiger partial charge is 0.0562 e. The molecule has 0 spiro atoms. The van der Waals surface area contributed by atoms with E-state index < -0.39 is 0 Å². The number of nitrogens with one attached hydrogen (secondary N) is 1. The summed E-state index contributed by atoms with van der Waals surface area (Å²) >= 11 is 0. The average Bonchev–Trinajstić information content (AvgIpc) is 2.45. The Balaban J connectivity index is 2.03. The zero-order chi connectivity index (χ0) is 15.5. The molecular formula is C18H29N3. The molecule has 0 atom stereocenters. The Bertz CT molecular complexity index is 497. The fourth-order valence-corrected chi connectivity index (χ4v) is 2.65. The van der Waals surface area contributed by atoms with Crippen LogP contribution in [-0.2, 0) is 6.54 Å². The summed E-state index contributed by atoms with van der Waals surface area (Å²) in [6, 6.07) is 4.82. The lowest BCUT2D eigenvalue weighted by atomic mass is 9.83. The summed E-state index contributed by atoms with van der Waals surface area (Å²) in [5.74, 6) is 0. The van der Waals surface area contributed by atoms with E-state index in [2.05, 4.69) is 68.0 Å². The molecule has 1 N–H and O–H groups in total. The third-order valence-electron chi connectivity index (χ3n) is 4.03. The van der Waals surface area contributed by atoms with Gasteiger partial charge in [-0.15, -0.1) is 0 Å². The second kappa shape index (κ2) is 6.61. The number of anilines is 1. The molecule has 0 saturated heterocycles. The van der Waals surface area contributed by atoms with Crippen LogP contribution in [0.2, 0.25) is 0 Å². The van der Waals surface area contributed by atoms with Gasteiger partial charge >= 0.3 is 0 Å². The van der Waals surface area contributed by atoms with Gasteiger partial charge in [0.05, 0.1) is 5.69 Å². The van der Waals surface area contributed by atoms with Crippen molar-refractivity contribution < 1.29 is 0 Å². The first-order valence-electron chi connectivity index (χ1n) is 7.99. The Kier molecular flexibility index (Phi) is 5.04. The molecule has 21 heavy (non-hydrogen) atoms. The van der Waals surface area contributed by atoms with E-state index in [0.717, 1.165) is 31.7 Å². The van der Waals surface area contributed by atoms with Gasteiger partial charge in [-0.1, -0.05) is 46.3 Å². The van der Waals surface area contributed by atoms with Crippen LogP contribution in [0, 0.1) is 5.41 Å². The van der Waals surface area contributed by atoms with Crippen molar-refractivity contribution in [1.82, 2.24) is 10.3 Å². The molecule has 0 bridgehead atoms. The van der Waals surface area contributed by atoms with Crippen molar-refractivity contribution in [3.63, 3.8) is 0 Å². The summed E-state index contributed by atoms with van der Waals surface area (Å²) in [6.07, 6.45) is 5.48. The summed E-state index contributed by atoms with van der Waals surface area (Å²) < 4.78 is 0. The van der Waals surface area contributed by atoms with E-state index in [-0.39, 0.29) is 0 Å². The molecule has 0 radical (unpaired) electrons. The van der Waals surface area contributed by atoms with E-state index in [0.29, 0.717) is 11.5 Å². The molecule has 0 saturated carbocycles. The average molecular weight is 287 g/mol. The third-order valence-corrected chi connectivity index (χ3v) is 4.03. The third kappa shape index (κ3) is 4.57. The van der Waals surface area contributed by atoms with Crippen LogP contribution in [0.4, 0.5) is 5.69 Å². The van der Waals surface area contributed by atoms with Gasteiger partial charge in [0.2, 0.25) is 0 Å². The lowest BCUT2D eigenvalue weighted by Crippen LogP contribution is -2.31. The fraction of sp³-hybridized carbons (Fsp3) is 0.611. The molecule has 2 heterocycles. The van der Waals surface area contributed by atoms with Crippen molar-refractivity contribution in [2.75, 3.05) is 18.0 Å². The summed E-state index contributed by atoms with van der Waals surface area (Å²) in [7, 11) is 0. The van der Waals surface area contributed by atoms with Gasteiger partial charge in [-0.25, -0.2) is 0 Å². The Labute approximate surface area is 129 Å². The van der Waals surface area contributed by atoms with Gasteiger partial charge in [0.25, 0.3) is 0 Å². The fourth-order valence-electron chi connectivity index (χ4n) is 2.65. The van der Waals surface area contributed by atoms with Gasteiger partial charge in [-0.05, 0) is 24.0 Å². The standard InChI is InChI=1S/C18H29N3/c1-14(2)20-13-16-12-17(6-9-19-16)21-10-7-15(8-11-21)18(3,4)5/h6-7,9,12,14,20H,8,10-11,13H2,1-5H3. The molecule has 2 rings (SSSR count). The van der Waals surface area contributed by atoms with Crippen molar-refractivity contribution in [2.24, 2.45) is 5.41 Å². The minimum Gasteiger partial charge on any atom is -0.367 e. The monoisotopic (exact) mass is 287 g/mol. The predicted octanol–water partition coefficient (Wildman–Crippen LogP) is 3.76. The molecule has 0 unspecified atom stereocenters. The summed E-state index contributed by atoms with van der Waals surface area (Å²) in [6.45, 7) is 14.2. The van der Waals surface area contributed by atoms with Gasteiger partial charge in [0, 0.05) is 37.6 Å². The lowest BCUT2D eigenvalue weighted by Gasteiger charge is -2.33. The van der Waals surface area contributed by atoms with Crippen molar-refractivity contribution in [3.05, 3.63) is 35.7 Å². The lowest BCUT2D eigenvalue weighted by molar-refractivity contribution is 0.472. The van der Waals surface area contributed by atoms with Gasteiger partial charge < -0.3 is 10.2 Å². The highest BCUT2D eigenvalue weighted by Gasteiger charge is 2.21. The number of pyridine rings is 1. The number of aromatic nitrogens is 1. The Morgan fingerprint density at radius 3 is 2.67 bits per heavy atom. The Morgan fingerprint density at radius 2 is 2.10 bits per heavy atom. The molecule has 116 valence electrons. The first-order valence-corrected chi connectivity index (χ1v) is 7.99. The molecule has 3 heteroatoms. The van der Waals surface area contributed by atoms with Gasteiger partial charge in [-0.2, -0.15) is 0 Å². The second-order valence-corrected chi connectivity index (χ2v) is 7.22. The highest BCUT2D eigenvalue weighted by atomic mass is 15.1. The van der Waals surface area contributed by atoms with Crippen molar-refractivity contribution >= 4 is 5.69 Å². The molecule has 0 aromatic carbocycles. The maximum atomic E-state index is 4.46. The summed E-state index contributed by atoms with van der Waals surface area (Å²) in [4.78, 5) is 6.90. The van der Waals surface area contributed by atoms with Crippen LogP contribution in [0.5, 0.6) is 0 Å². The van der Waals surface area contributed by atoms with Crippen LogP contribution in [-0.4, -0.2) is 24.1 Å². The van der Waals surface area contributed by atoms with Gasteiger partial charge in [-0.3, -0.25) is 4.98 Å². The van der Waals surface area contributed by atoms with Crippen molar-refractivity contribution in [1.29, 1.82) is 0 Å². The number of rotatable bonds is 4. The normalized spacial score (nSPS) is 16.3. The SMILES string of the molecule is CC(C)NCc1cc(N2CC=C(C(C)(C)C)CC2)ccn1. The topological polar surface area (TPSA) is 28.2 Å². The van der Waals surface area contributed by atoms with E-state index in [1.54, 1.807) is 5.57 Å². The van der Waals surface area contributed by atoms with Crippen LogP contribution < -0.4 is 10.2 Å². The highest BCUT2D eigenvalue weighted by molar-refractivity contribution is 5.48. The summed E-state index contributed by atoms with van der Waals surface area (Å²) in [5.41, 5.74) is 4.28. The van der Waals surface area contributed by atoms with E-state index in [9.17, 15) is 0 Å². The number of hydrogen-bond acceptors (Lipinski definition) is 3. The first kappa shape index (κ1) is 16.0. The van der Waals surface area contributed by atoms with E-state index in [4.69, 9.17) is 0 Å². The minimum absolute atomic E-state index is 0.302. The summed E-state index contributed by atoms with van der Waals surface area (Å²) in [5, 5.41) is 3.43. The van der Waals surface area contributed by atoms with Crippen molar-refractivity contribution in [3.8, 4) is 0 Å². The molecule has 3 nitrogen and oxygen atoms in total. The predicted molar refractivity (Wildman–Crippen MR) is 90.6 cm³/mol. The van der Waals surface area contributed by atoms with E-state index in [1.807, 2.05) is 6.20 Å². The molecular weight excluding hydrogens is 258 g/mol. The zero-order valence-electron chi connectivity index (χ0n) is 14.1. The van der Waals surface area contributed by atoms with Crippen LogP contribution in [0.25, 0.3) is 0 Å². The van der Waals surface area contributed by atoms with Crippen LogP contribution >= 0.6 is 0 Å². The maximum absolute atomic E-state index is 4.46. The Hall–Kier alpha value is -1.35.